The quantitative estimate of drug-likeness (QED) is 0.809. The van der Waals surface area contributed by atoms with Crippen LogP contribution in [0.15, 0.2) is 48.8 Å². The molecule has 0 amide bonds. The van der Waals surface area contributed by atoms with Crippen LogP contribution in [0, 0.1) is 0 Å². The van der Waals surface area contributed by atoms with Gasteiger partial charge in [-0.05, 0) is 86.6 Å². The number of hydrogen-bond donors (Lipinski definition) is 1. The van der Waals surface area contributed by atoms with Crippen LogP contribution >= 0.6 is 0 Å². The van der Waals surface area contributed by atoms with Gasteiger partial charge in [0.15, 0.2) is 0 Å². The molecule has 140 valence electrons. The minimum absolute atomic E-state index is 0.568. The Balaban J connectivity index is 1.43. The van der Waals surface area contributed by atoms with Crippen LogP contribution in [0.4, 0.5) is 5.69 Å². The van der Waals surface area contributed by atoms with E-state index in [1.165, 1.54) is 23.8 Å². The molecule has 0 unspecified atom stereocenters. The topological polar surface area (TPSA) is 62.3 Å². The van der Waals surface area contributed by atoms with Crippen LogP contribution in [-0.4, -0.2) is 44.2 Å². The fourth-order valence-electron chi connectivity index (χ4n) is 3.58. The maximum Gasteiger partial charge on any atom is 0.229 e. The highest BCUT2D eigenvalue weighted by molar-refractivity contribution is 7.92. The highest BCUT2D eigenvalue weighted by Crippen LogP contribution is 2.29. The molecule has 0 spiro atoms. The number of anilines is 1. The Labute approximate surface area is 156 Å². The van der Waals surface area contributed by atoms with Crippen molar-refractivity contribution in [2.24, 2.45) is 0 Å². The monoisotopic (exact) mass is 373 g/mol. The van der Waals surface area contributed by atoms with Gasteiger partial charge >= 0.3 is 0 Å². The number of sulfonamides is 1. The van der Waals surface area contributed by atoms with Crippen molar-refractivity contribution >= 4 is 15.7 Å². The van der Waals surface area contributed by atoms with Crippen molar-refractivity contribution in [3.8, 4) is 0 Å². The van der Waals surface area contributed by atoms with Gasteiger partial charge in [0.1, 0.15) is 0 Å². The molecule has 0 bridgehead atoms. The van der Waals surface area contributed by atoms with E-state index in [1.807, 2.05) is 24.5 Å². The summed E-state index contributed by atoms with van der Waals surface area (Å²) < 4.78 is 25.1. The zero-order valence-electron chi connectivity index (χ0n) is 15.3. The van der Waals surface area contributed by atoms with E-state index in [1.54, 1.807) is 0 Å². The number of rotatable bonds is 7. The van der Waals surface area contributed by atoms with E-state index >= 15 is 0 Å². The number of pyridine rings is 1. The number of nitrogens with zero attached hydrogens (tertiary/aromatic N) is 2. The lowest BCUT2D eigenvalue weighted by Gasteiger charge is -2.32. The average molecular weight is 374 g/mol. The van der Waals surface area contributed by atoms with Crippen molar-refractivity contribution < 1.29 is 8.42 Å². The summed E-state index contributed by atoms with van der Waals surface area (Å²) in [5, 5.41) is 0. The molecule has 3 rings (SSSR count). The van der Waals surface area contributed by atoms with E-state index in [9.17, 15) is 8.42 Å². The predicted octanol–water partition coefficient (Wildman–Crippen LogP) is 3.27. The third kappa shape index (κ3) is 5.81. The molecule has 0 aliphatic carbocycles. The number of hydrogen-bond acceptors (Lipinski definition) is 4. The normalized spacial score (nSPS) is 16.5. The molecule has 5 nitrogen and oxygen atoms in total. The van der Waals surface area contributed by atoms with Gasteiger partial charge in [0.2, 0.25) is 10.0 Å². The van der Waals surface area contributed by atoms with Gasteiger partial charge in [0.25, 0.3) is 0 Å². The molecule has 6 heteroatoms. The third-order valence-corrected chi connectivity index (χ3v) is 5.57. The van der Waals surface area contributed by atoms with Gasteiger partial charge in [-0.25, -0.2) is 8.42 Å². The largest absolute Gasteiger partial charge is 0.303 e. The highest BCUT2D eigenvalue weighted by Gasteiger charge is 2.20. The second kappa shape index (κ2) is 8.64. The molecule has 1 N–H and O–H groups in total. The van der Waals surface area contributed by atoms with Gasteiger partial charge in [0, 0.05) is 18.1 Å². The first kappa shape index (κ1) is 18.9. The maximum absolute atomic E-state index is 11.3. The van der Waals surface area contributed by atoms with Crippen LogP contribution in [0.5, 0.6) is 0 Å². The molecule has 1 aromatic carbocycles. The Hall–Kier alpha value is -1.92. The molecule has 0 atom stereocenters. The highest BCUT2D eigenvalue weighted by atomic mass is 32.2. The molecule has 2 aromatic rings. The second-order valence-corrected chi connectivity index (χ2v) is 8.82. The summed E-state index contributed by atoms with van der Waals surface area (Å²) in [5.41, 5.74) is 3.29. The van der Waals surface area contributed by atoms with Crippen LogP contribution in [0.25, 0.3) is 0 Å². The number of piperidine rings is 1. The van der Waals surface area contributed by atoms with Crippen LogP contribution in [0.1, 0.15) is 36.3 Å². The first-order valence-corrected chi connectivity index (χ1v) is 11.1. The van der Waals surface area contributed by atoms with E-state index in [0.717, 1.165) is 38.9 Å². The smallest absolute Gasteiger partial charge is 0.229 e. The van der Waals surface area contributed by atoms with Gasteiger partial charge in [-0.15, -0.1) is 0 Å². The standard InChI is InChI=1S/C20H27N3O2S/c1-26(24,25)22-20-6-4-18(5-7-20)19-10-15-23(16-11-19)14-2-3-17-8-12-21-13-9-17/h4-9,12-13,19,22H,2-3,10-11,14-16H2,1H3. The summed E-state index contributed by atoms with van der Waals surface area (Å²) in [4.78, 5) is 6.61. The minimum atomic E-state index is -3.21. The zero-order chi connectivity index (χ0) is 18.4. The minimum Gasteiger partial charge on any atom is -0.303 e. The second-order valence-electron chi connectivity index (χ2n) is 7.07. The molecule has 26 heavy (non-hydrogen) atoms. The number of aromatic nitrogens is 1. The predicted molar refractivity (Wildman–Crippen MR) is 106 cm³/mol. The van der Waals surface area contributed by atoms with Crippen LogP contribution in [0.3, 0.4) is 0 Å². The first-order valence-electron chi connectivity index (χ1n) is 9.18. The third-order valence-electron chi connectivity index (χ3n) is 4.96. The van der Waals surface area contributed by atoms with Crippen molar-refractivity contribution in [2.75, 3.05) is 30.6 Å². The van der Waals surface area contributed by atoms with Gasteiger partial charge < -0.3 is 4.90 Å². The lowest BCUT2D eigenvalue weighted by atomic mass is 9.89. The zero-order valence-corrected chi connectivity index (χ0v) is 16.1. The van der Waals surface area contributed by atoms with E-state index in [4.69, 9.17) is 0 Å². The van der Waals surface area contributed by atoms with E-state index in [0.29, 0.717) is 11.6 Å². The lowest BCUT2D eigenvalue weighted by Crippen LogP contribution is -2.33. The number of aryl methyl sites for hydroxylation is 1. The number of nitrogens with one attached hydrogen (secondary N) is 1. The van der Waals surface area contributed by atoms with E-state index in [-0.39, 0.29) is 0 Å². The molecule has 0 radical (unpaired) electrons. The summed E-state index contributed by atoms with van der Waals surface area (Å²) >= 11 is 0. The molecule has 0 saturated carbocycles. The molecule has 1 aromatic heterocycles. The lowest BCUT2D eigenvalue weighted by molar-refractivity contribution is 0.210. The molecule has 1 aliphatic heterocycles. The van der Waals surface area contributed by atoms with Crippen LogP contribution < -0.4 is 4.72 Å². The average Bonchev–Trinajstić information content (AvgIpc) is 2.63. The number of benzene rings is 1. The van der Waals surface area contributed by atoms with Crippen molar-refractivity contribution in [3.05, 3.63) is 59.9 Å². The Morgan fingerprint density at radius 1 is 1.08 bits per heavy atom. The summed E-state index contributed by atoms with van der Waals surface area (Å²) in [6.45, 7) is 3.40. The van der Waals surface area contributed by atoms with Crippen molar-refractivity contribution in [2.45, 2.75) is 31.6 Å². The van der Waals surface area contributed by atoms with Gasteiger partial charge in [-0.1, -0.05) is 12.1 Å². The SMILES string of the molecule is CS(=O)(=O)Nc1ccc(C2CCN(CCCc3ccncc3)CC2)cc1. The van der Waals surface area contributed by atoms with Crippen molar-refractivity contribution in [1.82, 2.24) is 9.88 Å². The molecule has 2 heterocycles. The number of likely N-dealkylation sites (tertiary alicyclic amines) is 1. The summed E-state index contributed by atoms with van der Waals surface area (Å²) in [6, 6.07) is 12.0. The summed E-state index contributed by atoms with van der Waals surface area (Å²) in [7, 11) is -3.21. The Bertz CT molecular complexity index is 784. The van der Waals surface area contributed by atoms with Crippen molar-refractivity contribution in [1.29, 1.82) is 0 Å². The van der Waals surface area contributed by atoms with Crippen LogP contribution in [-0.2, 0) is 16.4 Å². The summed E-state index contributed by atoms with van der Waals surface area (Å²) in [5.74, 6) is 0.568. The summed E-state index contributed by atoms with van der Waals surface area (Å²) in [6.07, 6.45) is 9.50. The van der Waals surface area contributed by atoms with Crippen LogP contribution in [0.2, 0.25) is 0 Å². The molecule has 1 saturated heterocycles. The Kier molecular flexibility index (Phi) is 6.27. The van der Waals surface area contributed by atoms with Gasteiger partial charge in [0.05, 0.1) is 6.26 Å². The molecule has 1 aliphatic rings. The molecular weight excluding hydrogens is 346 g/mol. The molecule has 1 fully saturated rings. The first-order chi connectivity index (χ1) is 12.5. The fraction of sp³-hybridized carbons (Fsp3) is 0.450. The van der Waals surface area contributed by atoms with E-state index < -0.39 is 10.0 Å². The fourth-order valence-corrected chi connectivity index (χ4v) is 4.15. The Morgan fingerprint density at radius 3 is 2.35 bits per heavy atom. The van der Waals surface area contributed by atoms with Gasteiger partial charge in [-0.3, -0.25) is 9.71 Å². The Morgan fingerprint density at radius 2 is 1.73 bits per heavy atom. The molecular formula is C20H27N3O2S. The van der Waals surface area contributed by atoms with Gasteiger partial charge in [-0.2, -0.15) is 0 Å². The van der Waals surface area contributed by atoms with E-state index in [2.05, 4.69) is 38.9 Å². The van der Waals surface area contributed by atoms with Crippen molar-refractivity contribution in [3.63, 3.8) is 0 Å². The maximum atomic E-state index is 11.3.